The fourth-order valence-corrected chi connectivity index (χ4v) is 4.05. The van der Waals surface area contributed by atoms with Gasteiger partial charge >= 0.3 is 12.1 Å². The fourth-order valence-electron chi connectivity index (χ4n) is 4.05. The summed E-state index contributed by atoms with van der Waals surface area (Å²) < 4.78 is 10.8. The number of carbonyl (C=O) groups is 2. The molecule has 0 radical (unpaired) electrons. The van der Waals surface area contributed by atoms with E-state index >= 15 is 0 Å². The van der Waals surface area contributed by atoms with Crippen LogP contribution in [0.15, 0.2) is 30.5 Å². The average molecular weight is 456 g/mol. The van der Waals surface area contributed by atoms with Crippen LogP contribution >= 0.6 is 0 Å². The number of hydrogen-bond acceptors (Lipinski definition) is 6. The molecule has 1 amide bonds. The standard InChI is InChI=1S/C25H33N3O5/c1-6-28(19-9-11-32-12-10-19)21-14-18(13-20(16(21)2)23(29)30)17-7-8-22(26-15-17)27-24(31)33-25(3,4)5/h7-8,13-15,19H,6,9-12H2,1-5H3,(H,29,30)(H,26,27,31). The minimum Gasteiger partial charge on any atom is -0.478 e. The van der Waals surface area contributed by atoms with E-state index in [-0.39, 0.29) is 5.56 Å². The van der Waals surface area contributed by atoms with Gasteiger partial charge in [0.1, 0.15) is 11.4 Å². The molecule has 0 saturated carbocycles. The van der Waals surface area contributed by atoms with Crippen molar-refractivity contribution in [3.8, 4) is 11.1 Å². The molecule has 0 atom stereocenters. The van der Waals surface area contributed by atoms with E-state index in [1.807, 2.05) is 19.1 Å². The molecule has 178 valence electrons. The van der Waals surface area contributed by atoms with Gasteiger partial charge in [0, 0.05) is 43.2 Å². The molecule has 33 heavy (non-hydrogen) atoms. The number of benzene rings is 1. The predicted molar refractivity (Wildman–Crippen MR) is 128 cm³/mol. The largest absolute Gasteiger partial charge is 0.478 e. The van der Waals surface area contributed by atoms with Gasteiger partial charge in [-0.2, -0.15) is 0 Å². The lowest BCUT2D eigenvalue weighted by atomic mass is 9.96. The third-order valence-electron chi connectivity index (χ3n) is 5.62. The summed E-state index contributed by atoms with van der Waals surface area (Å²) in [5.74, 6) is -0.606. The van der Waals surface area contributed by atoms with Gasteiger partial charge in [0.25, 0.3) is 0 Å². The summed E-state index contributed by atoms with van der Waals surface area (Å²) in [5, 5.41) is 12.5. The highest BCUT2D eigenvalue weighted by Crippen LogP contribution is 2.34. The van der Waals surface area contributed by atoms with E-state index in [1.165, 1.54) is 0 Å². The third-order valence-corrected chi connectivity index (χ3v) is 5.62. The smallest absolute Gasteiger partial charge is 0.413 e. The van der Waals surface area contributed by atoms with Crippen molar-refractivity contribution in [1.82, 2.24) is 4.98 Å². The number of carbonyl (C=O) groups excluding carboxylic acids is 1. The highest BCUT2D eigenvalue weighted by molar-refractivity contribution is 5.94. The number of nitrogens with one attached hydrogen (secondary N) is 1. The molecule has 2 aromatic rings. The zero-order valence-electron chi connectivity index (χ0n) is 20.0. The van der Waals surface area contributed by atoms with E-state index < -0.39 is 17.7 Å². The Morgan fingerprint density at radius 1 is 1.21 bits per heavy atom. The summed E-state index contributed by atoms with van der Waals surface area (Å²) in [6.45, 7) is 11.5. The molecule has 0 bridgehead atoms. The van der Waals surface area contributed by atoms with Crippen molar-refractivity contribution < 1.29 is 24.2 Å². The normalized spacial score (nSPS) is 14.6. The molecule has 8 heteroatoms. The molecule has 3 rings (SSSR count). The maximum Gasteiger partial charge on any atom is 0.413 e. The second kappa shape index (κ2) is 10.2. The zero-order valence-corrected chi connectivity index (χ0v) is 20.0. The van der Waals surface area contributed by atoms with E-state index in [1.54, 1.807) is 39.1 Å². The molecular formula is C25H33N3O5. The molecule has 1 aliphatic rings. The van der Waals surface area contributed by atoms with Crippen molar-refractivity contribution in [3.05, 3.63) is 41.6 Å². The highest BCUT2D eigenvalue weighted by atomic mass is 16.6. The van der Waals surface area contributed by atoms with Gasteiger partial charge in [-0.1, -0.05) is 0 Å². The van der Waals surface area contributed by atoms with E-state index in [0.29, 0.717) is 25.1 Å². The van der Waals surface area contributed by atoms with Crippen molar-refractivity contribution in [2.75, 3.05) is 30.0 Å². The fraction of sp³-hybridized carbons (Fsp3) is 0.480. The molecule has 1 fully saturated rings. The van der Waals surface area contributed by atoms with Crippen molar-refractivity contribution >= 4 is 23.6 Å². The Hall–Kier alpha value is -3.13. The molecule has 8 nitrogen and oxygen atoms in total. The molecule has 2 heterocycles. The van der Waals surface area contributed by atoms with Gasteiger partial charge in [0.15, 0.2) is 0 Å². The van der Waals surface area contributed by atoms with Gasteiger partial charge in [-0.05, 0) is 82.9 Å². The number of aromatic carboxylic acids is 1. The monoisotopic (exact) mass is 455 g/mol. The van der Waals surface area contributed by atoms with Crippen molar-refractivity contribution in [1.29, 1.82) is 0 Å². The summed E-state index contributed by atoms with van der Waals surface area (Å²) in [6.07, 6.45) is 2.86. The third kappa shape index (κ3) is 6.22. The maximum atomic E-state index is 12.0. The average Bonchev–Trinajstić information content (AvgIpc) is 2.75. The summed E-state index contributed by atoms with van der Waals surface area (Å²) in [7, 11) is 0. The molecule has 0 aliphatic carbocycles. The van der Waals surface area contributed by atoms with Crippen molar-refractivity contribution in [2.24, 2.45) is 0 Å². The summed E-state index contributed by atoms with van der Waals surface area (Å²) in [6, 6.07) is 7.49. The molecule has 1 aromatic heterocycles. The first-order chi connectivity index (χ1) is 15.6. The number of carboxylic acids is 1. The Kier molecular flexibility index (Phi) is 7.58. The molecule has 0 spiro atoms. The van der Waals surface area contributed by atoms with Crippen molar-refractivity contribution in [2.45, 2.75) is 59.1 Å². The van der Waals surface area contributed by atoms with Crippen LogP contribution in [0.4, 0.5) is 16.3 Å². The number of nitrogens with zero attached hydrogens (tertiary/aromatic N) is 2. The lowest BCUT2D eigenvalue weighted by Crippen LogP contribution is -2.40. The van der Waals surface area contributed by atoms with Crippen LogP contribution in [-0.2, 0) is 9.47 Å². The van der Waals surface area contributed by atoms with E-state index in [2.05, 4.69) is 22.1 Å². The minimum absolute atomic E-state index is 0.268. The first-order valence-electron chi connectivity index (χ1n) is 11.3. The molecule has 1 aromatic carbocycles. The van der Waals surface area contributed by atoms with Crippen LogP contribution in [-0.4, -0.2) is 53.6 Å². The number of ether oxygens (including phenoxy) is 2. The number of aromatic nitrogens is 1. The second-order valence-corrected chi connectivity index (χ2v) is 9.16. The molecule has 2 N–H and O–H groups in total. The van der Waals surface area contributed by atoms with E-state index in [0.717, 1.165) is 41.8 Å². The summed E-state index contributed by atoms with van der Waals surface area (Å²) in [5.41, 5.74) is 2.84. The topological polar surface area (TPSA) is 101 Å². The van der Waals surface area contributed by atoms with Crippen LogP contribution < -0.4 is 10.2 Å². The second-order valence-electron chi connectivity index (χ2n) is 9.16. The summed E-state index contributed by atoms with van der Waals surface area (Å²) in [4.78, 5) is 30.6. The van der Waals surface area contributed by atoms with Gasteiger partial charge in [-0.3, -0.25) is 5.32 Å². The lowest BCUT2D eigenvalue weighted by Gasteiger charge is -2.36. The van der Waals surface area contributed by atoms with Gasteiger partial charge in [-0.15, -0.1) is 0 Å². The van der Waals surface area contributed by atoms with Crippen LogP contribution in [0.25, 0.3) is 11.1 Å². The number of carboxylic acid groups (broad SMARTS) is 1. The Balaban J connectivity index is 1.92. The highest BCUT2D eigenvalue weighted by Gasteiger charge is 2.25. The zero-order chi connectivity index (χ0) is 24.2. The van der Waals surface area contributed by atoms with Gasteiger partial charge in [0.05, 0.1) is 5.56 Å². The number of pyridine rings is 1. The van der Waals surface area contributed by atoms with Crippen LogP contribution in [0.5, 0.6) is 0 Å². The minimum atomic E-state index is -0.963. The van der Waals surface area contributed by atoms with Gasteiger partial charge in [-0.25, -0.2) is 14.6 Å². The van der Waals surface area contributed by atoms with Crippen LogP contribution in [0, 0.1) is 6.92 Å². The van der Waals surface area contributed by atoms with E-state index in [4.69, 9.17) is 9.47 Å². The number of anilines is 2. The number of hydrogen-bond donors (Lipinski definition) is 2. The first kappa shape index (κ1) is 24.5. The maximum absolute atomic E-state index is 12.0. The quantitative estimate of drug-likeness (QED) is 0.624. The van der Waals surface area contributed by atoms with Gasteiger partial charge in [0.2, 0.25) is 0 Å². The molecular weight excluding hydrogens is 422 g/mol. The Bertz CT molecular complexity index is 992. The van der Waals surface area contributed by atoms with Crippen LogP contribution in [0.1, 0.15) is 56.5 Å². The number of rotatable bonds is 6. The molecule has 1 aliphatic heterocycles. The van der Waals surface area contributed by atoms with E-state index in [9.17, 15) is 14.7 Å². The SMILES string of the molecule is CCN(c1cc(-c2ccc(NC(=O)OC(C)(C)C)nc2)cc(C(=O)O)c1C)C1CCOCC1. The lowest BCUT2D eigenvalue weighted by molar-refractivity contribution is 0.0633. The Labute approximate surface area is 194 Å². The van der Waals surface area contributed by atoms with Crippen LogP contribution in [0.2, 0.25) is 0 Å². The Morgan fingerprint density at radius 3 is 2.45 bits per heavy atom. The molecule has 0 unspecified atom stereocenters. The Morgan fingerprint density at radius 2 is 1.91 bits per heavy atom. The number of amides is 1. The van der Waals surface area contributed by atoms with Crippen molar-refractivity contribution in [3.63, 3.8) is 0 Å². The predicted octanol–water partition coefficient (Wildman–Crippen LogP) is 5.11. The molecule has 1 saturated heterocycles. The van der Waals surface area contributed by atoms with Crippen LogP contribution in [0.3, 0.4) is 0 Å². The van der Waals surface area contributed by atoms with Gasteiger partial charge < -0.3 is 19.5 Å². The first-order valence-corrected chi connectivity index (χ1v) is 11.3. The summed E-state index contributed by atoms with van der Waals surface area (Å²) >= 11 is 0.